The topological polar surface area (TPSA) is 58.4 Å². The number of hydrogen-bond donors (Lipinski definition) is 1. The highest BCUT2D eigenvalue weighted by molar-refractivity contribution is 6.30. The Morgan fingerprint density at radius 1 is 1.04 bits per heavy atom. The molecule has 1 amide bonds. The molecule has 0 unspecified atom stereocenters. The number of carboxylic acid groups (broad SMARTS) is 1. The Labute approximate surface area is 164 Å². The van der Waals surface area contributed by atoms with Crippen molar-refractivity contribution in [2.75, 3.05) is 13.1 Å². The number of aromatic nitrogens is 2. The van der Waals surface area contributed by atoms with E-state index in [0.717, 1.165) is 16.3 Å². The molecule has 0 atom stereocenters. The molecule has 1 aromatic carbocycles. The van der Waals surface area contributed by atoms with E-state index in [1.165, 1.54) is 54.7 Å². The minimum Gasteiger partial charge on any atom is -0.465 e. The third kappa shape index (κ3) is 3.84. The van der Waals surface area contributed by atoms with E-state index in [4.69, 9.17) is 16.7 Å². The summed E-state index contributed by atoms with van der Waals surface area (Å²) in [5.74, 6) is 0. The molecule has 27 heavy (non-hydrogen) atoms. The molecule has 1 aromatic heterocycles. The fourth-order valence-electron chi connectivity index (χ4n) is 4.45. The SMILES string of the molecule is O=C(O)N1CCc2nn(C3CCCCCC3)c(-c3ccc(Cl)cc3)c2CC1. The maximum Gasteiger partial charge on any atom is 0.407 e. The smallest absolute Gasteiger partial charge is 0.407 e. The van der Waals surface area contributed by atoms with Gasteiger partial charge in [-0.3, -0.25) is 4.68 Å². The maximum absolute atomic E-state index is 11.4. The lowest BCUT2D eigenvalue weighted by Crippen LogP contribution is -2.31. The standard InChI is InChI=1S/C21H26ClN3O2/c22-16-9-7-15(8-10-16)20-18-11-13-24(21(26)27)14-12-19(18)23-25(20)17-5-3-1-2-4-6-17/h7-10,17H,1-6,11-14H2,(H,26,27). The van der Waals surface area contributed by atoms with E-state index in [9.17, 15) is 9.90 Å². The molecule has 2 aromatic rings. The van der Waals surface area contributed by atoms with Gasteiger partial charge in [-0.1, -0.05) is 49.4 Å². The molecule has 5 nitrogen and oxygen atoms in total. The molecule has 0 saturated heterocycles. The van der Waals surface area contributed by atoms with Crippen molar-refractivity contribution >= 4 is 17.7 Å². The van der Waals surface area contributed by atoms with Crippen molar-refractivity contribution in [1.82, 2.24) is 14.7 Å². The number of hydrogen-bond acceptors (Lipinski definition) is 2. The van der Waals surface area contributed by atoms with Crippen molar-refractivity contribution in [3.8, 4) is 11.3 Å². The van der Waals surface area contributed by atoms with Gasteiger partial charge in [0.05, 0.1) is 17.4 Å². The van der Waals surface area contributed by atoms with Gasteiger partial charge in [0.2, 0.25) is 0 Å². The highest BCUT2D eigenvalue weighted by Gasteiger charge is 2.28. The Kier molecular flexibility index (Phi) is 5.39. The molecule has 0 bridgehead atoms. The van der Waals surface area contributed by atoms with E-state index < -0.39 is 6.09 Å². The fourth-order valence-corrected chi connectivity index (χ4v) is 4.58. The number of carbonyl (C=O) groups is 1. The van der Waals surface area contributed by atoms with Gasteiger partial charge >= 0.3 is 6.09 Å². The Morgan fingerprint density at radius 3 is 2.37 bits per heavy atom. The molecule has 144 valence electrons. The van der Waals surface area contributed by atoms with E-state index in [-0.39, 0.29) is 0 Å². The Bertz CT molecular complexity index is 808. The van der Waals surface area contributed by atoms with Crippen molar-refractivity contribution in [2.24, 2.45) is 0 Å². The van der Waals surface area contributed by atoms with Gasteiger partial charge < -0.3 is 10.0 Å². The van der Waals surface area contributed by atoms with Crippen LogP contribution in [-0.4, -0.2) is 39.0 Å². The van der Waals surface area contributed by atoms with Crippen LogP contribution in [0.4, 0.5) is 4.79 Å². The van der Waals surface area contributed by atoms with Gasteiger partial charge in [0, 0.05) is 35.7 Å². The lowest BCUT2D eigenvalue weighted by molar-refractivity contribution is 0.147. The quantitative estimate of drug-likeness (QED) is 0.722. The minimum atomic E-state index is -0.843. The third-order valence-corrected chi connectivity index (χ3v) is 6.15. The molecule has 6 heteroatoms. The van der Waals surface area contributed by atoms with Crippen molar-refractivity contribution in [3.63, 3.8) is 0 Å². The highest BCUT2D eigenvalue weighted by Crippen LogP contribution is 2.36. The molecule has 2 heterocycles. The van der Waals surface area contributed by atoms with Crippen molar-refractivity contribution < 1.29 is 9.90 Å². The van der Waals surface area contributed by atoms with E-state index >= 15 is 0 Å². The zero-order chi connectivity index (χ0) is 18.8. The molecule has 1 saturated carbocycles. The summed E-state index contributed by atoms with van der Waals surface area (Å²) >= 11 is 6.11. The van der Waals surface area contributed by atoms with E-state index in [0.29, 0.717) is 32.0 Å². The van der Waals surface area contributed by atoms with Crippen LogP contribution in [-0.2, 0) is 12.8 Å². The summed E-state index contributed by atoms with van der Waals surface area (Å²) in [6, 6.07) is 8.40. The largest absolute Gasteiger partial charge is 0.465 e. The summed E-state index contributed by atoms with van der Waals surface area (Å²) in [7, 11) is 0. The number of rotatable bonds is 2. The molecular formula is C21H26ClN3O2. The number of benzene rings is 1. The molecule has 1 aliphatic heterocycles. The van der Waals surface area contributed by atoms with Crippen LogP contribution in [0.25, 0.3) is 11.3 Å². The first-order chi connectivity index (χ1) is 13.1. The van der Waals surface area contributed by atoms with Crippen molar-refractivity contribution in [2.45, 2.75) is 57.4 Å². The van der Waals surface area contributed by atoms with Crippen LogP contribution in [0, 0.1) is 0 Å². The highest BCUT2D eigenvalue weighted by atomic mass is 35.5. The van der Waals surface area contributed by atoms with Crippen LogP contribution in [0.2, 0.25) is 5.02 Å². The normalized spacial score (nSPS) is 18.6. The van der Waals surface area contributed by atoms with Gasteiger partial charge in [-0.05, 0) is 31.4 Å². The van der Waals surface area contributed by atoms with Crippen molar-refractivity contribution in [1.29, 1.82) is 0 Å². The molecular weight excluding hydrogens is 362 g/mol. The van der Waals surface area contributed by atoms with Crippen LogP contribution < -0.4 is 0 Å². The number of halogens is 1. The van der Waals surface area contributed by atoms with Gasteiger partial charge in [0.15, 0.2) is 0 Å². The van der Waals surface area contributed by atoms with Gasteiger partial charge in [-0.15, -0.1) is 0 Å². The maximum atomic E-state index is 11.4. The second kappa shape index (κ2) is 7.93. The fraction of sp³-hybridized carbons (Fsp3) is 0.524. The van der Waals surface area contributed by atoms with Crippen LogP contribution >= 0.6 is 11.6 Å². The van der Waals surface area contributed by atoms with E-state index in [1.54, 1.807) is 0 Å². The van der Waals surface area contributed by atoms with Crippen LogP contribution in [0.5, 0.6) is 0 Å². The van der Waals surface area contributed by atoms with Gasteiger partial charge in [-0.2, -0.15) is 5.10 Å². The minimum absolute atomic E-state index is 0.431. The van der Waals surface area contributed by atoms with Crippen LogP contribution in [0.3, 0.4) is 0 Å². The first-order valence-corrected chi connectivity index (χ1v) is 10.4. The average Bonchev–Trinajstić information content (AvgIpc) is 2.86. The molecule has 0 radical (unpaired) electrons. The summed E-state index contributed by atoms with van der Waals surface area (Å²) in [5, 5.41) is 15.1. The van der Waals surface area contributed by atoms with E-state index in [1.807, 2.05) is 12.1 Å². The second-order valence-corrected chi connectivity index (χ2v) is 8.08. The van der Waals surface area contributed by atoms with Crippen molar-refractivity contribution in [3.05, 3.63) is 40.5 Å². The average molecular weight is 388 g/mol. The van der Waals surface area contributed by atoms with Crippen LogP contribution in [0.1, 0.15) is 55.8 Å². The predicted octanol–water partition coefficient (Wildman–Crippen LogP) is 5.18. The zero-order valence-corrected chi connectivity index (χ0v) is 16.3. The lowest BCUT2D eigenvalue weighted by atomic mass is 10.0. The summed E-state index contributed by atoms with van der Waals surface area (Å²) < 4.78 is 2.26. The van der Waals surface area contributed by atoms with Gasteiger partial charge in [-0.25, -0.2) is 4.79 Å². The predicted molar refractivity (Wildman–Crippen MR) is 106 cm³/mol. The molecule has 4 rings (SSSR count). The number of amides is 1. The summed E-state index contributed by atoms with van der Waals surface area (Å²) in [6.45, 7) is 1.04. The zero-order valence-electron chi connectivity index (χ0n) is 15.5. The molecule has 1 aliphatic carbocycles. The summed E-state index contributed by atoms with van der Waals surface area (Å²) in [4.78, 5) is 12.9. The van der Waals surface area contributed by atoms with Gasteiger partial charge in [0.25, 0.3) is 0 Å². The van der Waals surface area contributed by atoms with Gasteiger partial charge in [0.1, 0.15) is 0 Å². The second-order valence-electron chi connectivity index (χ2n) is 7.64. The Balaban J connectivity index is 1.76. The number of fused-ring (bicyclic) bond motifs is 1. The molecule has 1 fully saturated rings. The summed E-state index contributed by atoms with van der Waals surface area (Å²) in [6.07, 6.45) is 8.01. The first kappa shape index (κ1) is 18.4. The monoisotopic (exact) mass is 387 g/mol. The Hall–Kier alpha value is -2.01. The number of nitrogens with zero attached hydrogens (tertiary/aromatic N) is 3. The summed E-state index contributed by atoms with van der Waals surface area (Å²) in [5.41, 5.74) is 4.57. The molecule has 0 spiro atoms. The lowest BCUT2D eigenvalue weighted by Gasteiger charge is -2.20. The van der Waals surface area contributed by atoms with E-state index in [2.05, 4.69) is 16.8 Å². The molecule has 2 aliphatic rings. The molecule has 1 N–H and O–H groups in total. The Morgan fingerprint density at radius 2 is 1.70 bits per heavy atom. The first-order valence-electron chi connectivity index (χ1n) is 9.97. The van der Waals surface area contributed by atoms with Crippen LogP contribution in [0.15, 0.2) is 24.3 Å². The third-order valence-electron chi connectivity index (χ3n) is 5.90.